The Hall–Kier alpha value is -8.58. The van der Waals surface area contributed by atoms with E-state index in [1.807, 2.05) is 133 Å². The van der Waals surface area contributed by atoms with Crippen molar-refractivity contribution in [3.05, 3.63) is 250 Å². The zero-order valence-electron chi connectivity index (χ0n) is 32.7. The third-order valence-electron chi connectivity index (χ3n) is 10.9. The Morgan fingerprint density at radius 3 is 1.18 bits per heavy atom. The molecule has 8 aromatic carbocycles. The van der Waals surface area contributed by atoms with Gasteiger partial charge < -0.3 is 20.8 Å². The van der Waals surface area contributed by atoms with Crippen LogP contribution in [0, 0.1) is 23.7 Å². The average molecular weight is 789 g/mol. The highest BCUT2D eigenvalue weighted by Gasteiger charge is 2.45. The van der Waals surface area contributed by atoms with Crippen molar-refractivity contribution in [1.82, 2.24) is 0 Å². The molecule has 1 aliphatic rings. The first-order chi connectivity index (χ1) is 29.9. The summed E-state index contributed by atoms with van der Waals surface area (Å²) in [6.07, 6.45) is 0. The van der Waals surface area contributed by atoms with E-state index in [2.05, 4.69) is 58.6 Å². The molecule has 2 amide bonds. The lowest BCUT2D eigenvalue weighted by Crippen LogP contribution is -2.28. The quantitative estimate of drug-likeness (QED) is 0.126. The molecule has 0 heterocycles. The predicted octanol–water partition coefficient (Wildman–Crippen LogP) is 10.8. The predicted molar refractivity (Wildman–Crippen MR) is 241 cm³/mol. The second-order valence-corrected chi connectivity index (χ2v) is 14.6. The molecule has 0 spiro atoms. The highest BCUT2D eigenvalue weighted by Crippen LogP contribution is 2.56. The Morgan fingerprint density at radius 2 is 0.787 bits per heavy atom. The van der Waals surface area contributed by atoms with E-state index in [0.717, 1.165) is 44.5 Å². The van der Waals surface area contributed by atoms with Crippen molar-refractivity contribution < 1.29 is 19.8 Å². The van der Waals surface area contributed by atoms with Gasteiger partial charge >= 0.3 is 0 Å². The molecule has 0 saturated carbocycles. The minimum atomic E-state index is -0.719. The smallest absolute Gasteiger partial charge is 0.255 e. The van der Waals surface area contributed by atoms with Crippen LogP contribution in [0.2, 0.25) is 0 Å². The van der Waals surface area contributed by atoms with Crippen LogP contribution in [0.1, 0.15) is 65.2 Å². The van der Waals surface area contributed by atoms with Gasteiger partial charge in [0.1, 0.15) is 11.5 Å². The molecule has 6 heteroatoms. The van der Waals surface area contributed by atoms with Gasteiger partial charge in [0, 0.05) is 33.6 Å². The highest BCUT2D eigenvalue weighted by atomic mass is 16.3. The Labute approximate surface area is 353 Å². The summed E-state index contributed by atoms with van der Waals surface area (Å²) in [5.41, 5.74) is 10.0. The molecule has 0 aromatic heterocycles. The Balaban J connectivity index is 0.984. The standard InChI is InChI=1S/C55H36N2O4/c58-51-35-41(25-23-39(51)21-19-37-11-3-1-4-12-37)53(60)56-45-31-27-43(28-32-45)55(49-17-9-7-15-47(49)48-16-8-10-18-50(48)55)44-29-33-46(34-30-44)57-54(61)42-26-24-40(52(59)36-42)22-20-38-13-5-2-6-14-38/h1-18,23-36,58-59H,(H,56,60)(H,57,61). The summed E-state index contributed by atoms with van der Waals surface area (Å²) in [5, 5.41) is 27.4. The number of phenolic OH excluding ortho intramolecular Hbond substituents is 2. The maximum absolute atomic E-state index is 13.4. The van der Waals surface area contributed by atoms with Gasteiger partial charge in [0.25, 0.3) is 11.8 Å². The number of phenols is 2. The number of hydrogen-bond donors (Lipinski definition) is 4. The molecular weight excluding hydrogens is 753 g/mol. The zero-order chi connectivity index (χ0) is 41.8. The number of aromatic hydroxyl groups is 2. The molecule has 0 aliphatic heterocycles. The summed E-state index contributed by atoms with van der Waals surface area (Å²) >= 11 is 0. The second-order valence-electron chi connectivity index (χ2n) is 14.6. The molecule has 0 unspecified atom stereocenters. The van der Waals surface area contributed by atoms with E-state index in [9.17, 15) is 19.8 Å². The fraction of sp³-hybridized carbons (Fsp3) is 0.0182. The maximum Gasteiger partial charge on any atom is 0.255 e. The van der Waals surface area contributed by atoms with Gasteiger partial charge in [0.15, 0.2) is 0 Å². The molecule has 61 heavy (non-hydrogen) atoms. The van der Waals surface area contributed by atoms with Gasteiger partial charge in [0.05, 0.1) is 16.5 Å². The van der Waals surface area contributed by atoms with Crippen molar-refractivity contribution in [2.75, 3.05) is 10.6 Å². The van der Waals surface area contributed by atoms with Crippen LogP contribution in [0.25, 0.3) is 11.1 Å². The molecule has 9 rings (SSSR count). The first-order valence-electron chi connectivity index (χ1n) is 19.7. The molecule has 0 fully saturated rings. The van der Waals surface area contributed by atoms with Gasteiger partial charge in [-0.3, -0.25) is 9.59 Å². The van der Waals surface area contributed by atoms with Crippen molar-refractivity contribution in [3.63, 3.8) is 0 Å². The van der Waals surface area contributed by atoms with E-state index in [-0.39, 0.29) is 23.3 Å². The Bertz CT molecular complexity index is 2870. The molecule has 0 atom stereocenters. The topological polar surface area (TPSA) is 98.7 Å². The number of anilines is 2. The normalized spacial score (nSPS) is 11.7. The van der Waals surface area contributed by atoms with Gasteiger partial charge in [-0.25, -0.2) is 0 Å². The lowest BCUT2D eigenvalue weighted by atomic mass is 9.67. The van der Waals surface area contributed by atoms with Gasteiger partial charge in [-0.2, -0.15) is 0 Å². The molecular formula is C55H36N2O4. The van der Waals surface area contributed by atoms with E-state index in [1.165, 1.54) is 12.1 Å². The van der Waals surface area contributed by atoms with Gasteiger partial charge in [-0.15, -0.1) is 0 Å². The minimum absolute atomic E-state index is 0.0732. The molecule has 0 radical (unpaired) electrons. The minimum Gasteiger partial charge on any atom is -0.507 e. The lowest BCUT2D eigenvalue weighted by Gasteiger charge is -2.34. The zero-order valence-corrected chi connectivity index (χ0v) is 32.7. The number of rotatable bonds is 6. The first kappa shape index (κ1) is 38.0. The number of benzene rings is 8. The van der Waals surface area contributed by atoms with E-state index in [4.69, 9.17) is 0 Å². The highest BCUT2D eigenvalue weighted by molar-refractivity contribution is 6.05. The van der Waals surface area contributed by atoms with Gasteiger partial charge in [-0.1, -0.05) is 133 Å². The largest absolute Gasteiger partial charge is 0.507 e. The molecule has 1 aliphatic carbocycles. The van der Waals surface area contributed by atoms with E-state index in [0.29, 0.717) is 33.6 Å². The van der Waals surface area contributed by atoms with Crippen molar-refractivity contribution in [1.29, 1.82) is 0 Å². The third kappa shape index (κ3) is 7.50. The van der Waals surface area contributed by atoms with Crippen LogP contribution >= 0.6 is 0 Å². The molecule has 6 nitrogen and oxygen atoms in total. The first-order valence-corrected chi connectivity index (χ1v) is 19.7. The average Bonchev–Trinajstić information content (AvgIpc) is 3.60. The SMILES string of the molecule is O=C(Nc1ccc(C2(c3ccc(NC(=O)c4ccc(C#Cc5ccccc5)c(O)c4)cc3)c3ccccc3-c3ccccc32)cc1)c1ccc(C#Cc2ccccc2)c(O)c1. The summed E-state index contributed by atoms with van der Waals surface area (Å²) in [6, 6.07) is 60.9. The number of carbonyl (C=O) groups is 2. The number of nitrogens with one attached hydrogen (secondary N) is 2. The third-order valence-corrected chi connectivity index (χ3v) is 10.9. The summed E-state index contributed by atoms with van der Waals surface area (Å²) in [4.78, 5) is 26.8. The van der Waals surface area contributed by atoms with Gasteiger partial charge in [-0.05, 0) is 118 Å². The van der Waals surface area contributed by atoms with Crippen molar-refractivity contribution in [3.8, 4) is 46.3 Å². The molecule has 8 aromatic rings. The van der Waals surface area contributed by atoms with E-state index >= 15 is 0 Å². The summed E-state index contributed by atoms with van der Waals surface area (Å²) in [7, 11) is 0. The monoisotopic (exact) mass is 788 g/mol. The summed E-state index contributed by atoms with van der Waals surface area (Å²) < 4.78 is 0. The van der Waals surface area contributed by atoms with Crippen LogP contribution in [0.3, 0.4) is 0 Å². The molecule has 290 valence electrons. The Kier molecular flexibility index (Phi) is 10.2. The van der Waals surface area contributed by atoms with Crippen molar-refractivity contribution in [2.45, 2.75) is 5.41 Å². The van der Waals surface area contributed by atoms with Crippen molar-refractivity contribution >= 4 is 23.2 Å². The van der Waals surface area contributed by atoms with Gasteiger partial charge in [0.2, 0.25) is 0 Å². The fourth-order valence-corrected chi connectivity index (χ4v) is 7.92. The second kappa shape index (κ2) is 16.3. The summed E-state index contributed by atoms with van der Waals surface area (Å²) in [5.74, 6) is 11.1. The van der Waals surface area contributed by atoms with Crippen LogP contribution in [0.15, 0.2) is 194 Å². The number of hydrogen-bond acceptors (Lipinski definition) is 4. The maximum atomic E-state index is 13.4. The van der Waals surface area contributed by atoms with Crippen LogP contribution in [0.4, 0.5) is 11.4 Å². The Morgan fingerprint density at radius 1 is 0.410 bits per heavy atom. The fourth-order valence-electron chi connectivity index (χ4n) is 7.92. The number of amides is 2. The lowest BCUT2D eigenvalue weighted by molar-refractivity contribution is 0.101. The van der Waals surface area contributed by atoms with Crippen LogP contribution in [0.5, 0.6) is 11.5 Å². The van der Waals surface area contributed by atoms with Crippen LogP contribution in [-0.4, -0.2) is 22.0 Å². The number of carbonyl (C=O) groups excluding carboxylic acids is 2. The van der Waals surface area contributed by atoms with Crippen molar-refractivity contribution in [2.24, 2.45) is 0 Å². The molecule has 0 saturated heterocycles. The van der Waals surface area contributed by atoms with Crippen LogP contribution in [-0.2, 0) is 5.41 Å². The summed E-state index contributed by atoms with van der Waals surface area (Å²) in [6.45, 7) is 0. The molecule has 4 N–H and O–H groups in total. The van der Waals surface area contributed by atoms with E-state index < -0.39 is 5.41 Å². The van der Waals surface area contributed by atoms with Crippen LogP contribution < -0.4 is 10.6 Å². The number of fused-ring (bicyclic) bond motifs is 3. The van der Waals surface area contributed by atoms with E-state index in [1.54, 1.807) is 24.3 Å². The molecule has 0 bridgehead atoms.